The van der Waals surface area contributed by atoms with Crippen molar-refractivity contribution in [3.63, 3.8) is 0 Å². The van der Waals surface area contributed by atoms with Crippen LogP contribution in [0.3, 0.4) is 0 Å². The van der Waals surface area contributed by atoms with Gasteiger partial charge in [0.05, 0.1) is 5.52 Å². The van der Waals surface area contributed by atoms with Gasteiger partial charge >= 0.3 is 0 Å². The lowest BCUT2D eigenvalue weighted by atomic mass is 10.1. The molecule has 1 unspecified atom stereocenters. The Morgan fingerprint density at radius 3 is 2.51 bits per heavy atom. The van der Waals surface area contributed by atoms with Crippen molar-refractivity contribution in [3.05, 3.63) is 100 Å². The van der Waals surface area contributed by atoms with Gasteiger partial charge in [0, 0.05) is 54.0 Å². The Balaban J connectivity index is 1.47. The van der Waals surface area contributed by atoms with E-state index in [-0.39, 0.29) is 36.8 Å². The largest absolute Gasteiger partial charge is 0.351 e. The van der Waals surface area contributed by atoms with Crippen LogP contribution in [0.2, 0.25) is 10.0 Å². The van der Waals surface area contributed by atoms with E-state index in [1.54, 1.807) is 60.7 Å². The summed E-state index contributed by atoms with van der Waals surface area (Å²) in [5.41, 5.74) is 1.12. The zero-order valence-electron chi connectivity index (χ0n) is 20.5. The van der Waals surface area contributed by atoms with Gasteiger partial charge in [0.1, 0.15) is 16.6 Å². The van der Waals surface area contributed by atoms with Gasteiger partial charge in [-0.3, -0.25) is 19.6 Å². The maximum Gasteiger partial charge on any atom is 0.272 e. The molecule has 0 spiro atoms. The highest BCUT2D eigenvalue weighted by Gasteiger charge is 2.42. The second-order valence-corrected chi connectivity index (χ2v) is 11.6. The van der Waals surface area contributed by atoms with E-state index < -0.39 is 27.9 Å². The molecule has 1 saturated heterocycles. The third-order valence-corrected chi connectivity index (χ3v) is 8.98. The van der Waals surface area contributed by atoms with Crippen molar-refractivity contribution >= 4 is 55.9 Å². The minimum atomic E-state index is -4.18. The highest BCUT2D eigenvalue weighted by Crippen LogP contribution is 2.28. The van der Waals surface area contributed by atoms with Crippen molar-refractivity contribution in [2.75, 3.05) is 19.6 Å². The summed E-state index contributed by atoms with van der Waals surface area (Å²) < 4.78 is 29.1. The first-order valence-electron chi connectivity index (χ1n) is 12.0. The fraction of sp³-hybridized carbons (Fsp3) is 0.185. The Labute approximate surface area is 235 Å². The molecular formula is C27H23Cl2N5O4S. The molecule has 0 radical (unpaired) electrons. The number of hydrogen-bond acceptors (Lipinski definition) is 6. The molecule has 12 heteroatoms. The summed E-state index contributed by atoms with van der Waals surface area (Å²) in [6, 6.07) is 17.0. The first kappa shape index (κ1) is 27.0. The lowest BCUT2D eigenvalue weighted by Gasteiger charge is -2.39. The SMILES string of the molecule is O=C(NCc1ccc(Cl)cc1Cl)C1CN(C(=O)c2ccccn2)CCN1S(=O)(=O)c1cccc2cccnc12. The van der Waals surface area contributed by atoms with Crippen LogP contribution in [0.15, 0.2) is 84.0 Å². The van der Waals surface area contributed by atoms with Gasteiger partial charge in [0.2, 0.25) is 15.9 Å². The van der Waals surface area contributed by atoms with Crippen molar-refractivity contribution < 1.29 is 18.0 Å². The van der Waals surface area contributed by atoms with Gasteiger partial charge in [0.25, 0.3) is 5.91 Å². The van der Waals surface area contributed by atoms with Crippen molar-refractivity contribution in [1.29, 1.82) is 0 Å². The second kappa shape index (κ2) is 11.3. The molecule has 200 valence electrons. The van der Waals surface area contributed by atoms with Gasteiger partial charge in [-0.05, 0) is 42.0 Å². The zero-order valence-corrected chi connectivity index (χ0v) is 22.8. The second-order valence-electron chi connectivity index (χ2n) is 8.88. The Kier molecular flexibility index (Phi) is 7.81. The lowest BCUT2D eigenvalue weighted by molar-refractivity contribution is -0.126. The number of pyridine rings is 2. The van der Waals surface area contributed by atoms with Crippen molar-refractivity contribution in [2.45, 2.75) is 17.5 Å². The van der Waals surface area contributed by atoms with E-state index in [0.29, 0.717) is 26.5 Å². The highest BCUT2D eigenvalue weighted by atomic mass is 35.5. The number of carbonyl (C=O) groups is 2. The van der Waals surface area contributed by atoms with Gasteiger partial charge in [-0.1, -0.05) is 53.5 Å². The number of sulfonamides is 1. The number of rotatable bonds is 6. The van der Waals surface area contributed by atoms with Gasteiger partial charge < -0.3 is 10.2 Å². The van der Waals surface area contributed by atoms with Crippen LogP contribution in [-0.2, 0) is 21.4 Å². The smallest absolute Gasteiger partial charge is 0.272 e. The maximum absolute atomic E-state index is 14.0. The number of benzene rings is 2. The lowest BCUT2D eigenvalue weighted by Crippen LogP contribution is -2.61. The number of hydrogen-bond donors (Lipinski definition) is 1. The number of fused-ring (bicyclic) bond motifs is 1. The number of carbonyl (C=O) groups excluding carboxylic acids is 2. The van der Waals surface area contributed by atoms with Crippen molar-refractivity contribution in [1.82, 2.24) is 24.5 Å². The predicted octanol–water partition coefficient (Wildman–Crippen LogP) is 3.77. The van der Waals surface area contributed by atoms with Crippen LogP contribution in [-0.4, -0.2) is 65.1 Å². The molecule has 4 aromatic rings. The molecule has 1 atom stereocenters. The molecule has 2 aromatic carbocycles. The summed E-state index contributed by atoms with van der Waals surface area (Å²) in [6.07, 6.45) is 3.02. The molecule has 3 heterocycles. The standard InChI is InChI=1S/C27H23Cl2N5O4S/c28-20-10-9-19(21(29)15-20)16-32-26(35)23-17-33(27(36)22-7-1-2-11-30-22)13-14-34(23)39(37,38)24-8-3-5-18-6-4-12-31-25(18)24/h1-12,15,23H,13-14,16-17H2,(H,32,35). The van der Waals surface area contributed by atoms with E-state index in [9.17, 15) is 18.0 Å². The maximum atomic E-state index is 14.0. The summed E-state index contributed by atoms with van der Waals surface area (Å²) in [6.45, 7) is -0.125. The molecule has 1 aliphatic rings. The van der Waals surface area contributed by atoms with Crippen LogP contribution in [0.5, 0.6) is 0 Å². The molecule has 2 aromatic heterocycles. The van der Waals surface area contributed by atoms with Gasteiger partial charge in [-0.15, -0.1) is 0 Å². The van der Waals surface area contributed by atoms with Crippen LogP contribution in [0, 0.1) is 0 Å². The van der Waals surface area contributed by atoms with E-state index in [2.05, 4.69) is 15.3 Å². The number of aromatic nitrogens is 2. The van der Waals surface area contributed by atoms with Crippen LogP contribution >= 0.6 is 23.2 Å². The Bertz CT molecular complexity index is 1650. The van der Waals surface area contributed by atoms with Gasteiger partial charge in [-0.25, -0.2) is 8.42 Å². The molecule has 2 amide bonds. The molecule has 1 N–H and O–H groups in total. The third-order valence-electron chi connectivity index (χ3n) is 6.46. The number of nitrogens with one attached hydrogen (secondary N) is 1. The predicted molar refractivity (Wildman–Crippen MR) is 148 cm³/mol. The van der Waals surface area contributed by atoms with Crippen molar-refractivity contribution in [2.24, 2.45) is 0 Å². The average molecular weight is 584 g/mol. The monoisotopic (exact) mass is 583 g/mol. The molecule has 9 nitrogen and oxygen atoms in total. The molecule has 1 aliphatic heterocycles. The summed E-state index contributed by atoms with van der Waals surface area (Å²) in [4.78, 5) is 36.5. The first-order chi connectivity index (χ1) is 18.8. The fourth-order valence-corrected chi connectivity index (χ4v) is 6.69. The Morgan fingerprint density at radius 1 is 0.949 bits per heavy atom. The average Bonchev–Trinajstić information content (AvgIpc) is 2.96. The quantitative estimate of drug-likeness (QED) is 0.370. The van der Waals surface area contributed by atoms with Crippen LogP contribution < -0.4 is 5.32 Å². The number of piperazine rings is 1. The molecule has 0 aliphatic carbocycles. The van der Waals surface area contributed by atoms with E-state index in [0.717, 1.165) is 4.31 Å². The minimum Gasteiger partial charge on any atom is -0.351 e. The normalized spacial score (nSPS) is 16.3. The van der Waals surface area contributed by atoms with Crippen LogP contribution in [0.4, 0.5) is 0 Å². The zero-order chi connectivity index (χ0) is 27.6. The van der Waals surface area contributed by atoms with E-state index in [1.165, 1.54) is 23.4 Å². The number of nitrogens with zero attached hydrogens (tertiary/aromatic N) is 4. The van der Waals surface area contributed by atoms with E-state index >= 15 is 0 Å². The third kappa shape index (κ3) is 5.60. The molecule has 1 fully saturated rings. The number of amides is 2. The highest BCUT2D eigenvalue weighted by molar-refractivity contribution is 7.89. The molecular weight excluding hydrogens is 561 g/mol. The minimum absolute atomic E-state index is 0.0105. The first-order valence-corrected chi connectivity index (χ1v) is 14.2. The van der Waals surface area contributed by atoms with Crippen LogP contribution in [0.1, 0.15) is 16.1 Å². The Hall–Kier alpha value is -3.57. The summed E-state index contributed by atoms with van der Waals surface area (Å²) in [7, 11) is -4.18. The van der Waals surface area contributed by atoms with Gasteiger partial charge in [-0.2, -0.15) is 4.31 Å². The summed E-state index contributed by atoms with van der Waals surface area (Å²) in [5.74, 6) is -0.964. The Morgan fingerprint density at radius 2 is 1.74 bits per heavy atom. The van der Waals surface area contributed by atoms with Crippen LogP contribution in [0.25, 0.3) is 10.9 Å². The number of para-hydroxylation sites is 1. The van der Waals surface area contributed by atoms with E-state index in [4.69, 9.17) is 23.2 Å². The molecule has 0 bridgehead atoms. The topological polar surface area (TPSA) is 113 Å². The summed E-state index contributed by atoms with van der Waals surface area (Å²) >= 11 is 12.2. The fourth-order valence-electron chi connectivity index (χ4n) is 4.48. The van der Waals surface area contributed by atoms with Crippen molar-refractivity contribution in [3.8, 4) is 0 Å². The molecule has 5 rings (SSSR count). The molecule has 39 heavy (non-hydrogen) atoms. The number of halogens is 2. The summed E-state index contributed by atoms with van der Waals surface area (Å²) in [5, 5.41) is 4.25. The molecule has 0 saturated carbocycles. The van der Waals surface area contributed by atoms with Gasteiger partial charge in [0.15, 0.2) is 0 Å². The van der Waals surface area contributed by atoms with E-state index in [1.807, 2.05) is 0 Å².